The Labute approximate surface area is 127 Å². The summed E-state index contributed by atoms with van der Waals surface area (Å²) in [7, 11) is 0. The molecule has 2 aromatic rings. The molecule has 0 saturated heterocycles. The Balaban J connectivity index is 1.71. The van der Waals surface area contributed by atoms with Gasteiger partial charge in [0.05, 0.1) is 12.3 Å². The van der Waals surface area contributed by atoms with E-state index in [0.29, 0.717) is 0 Å². The highest BCUT2D eigenvalue weighted by molar-refractivity contribution is 5.26. The zero-order valence-corrected chi connectivity index (χ0v) is 12.8. The van der Waals surface area contributed by atoms with Crippen molar-refractivity contribution in [3.63, 3.8) is 0 Å². The molecule has 21 heavy (non-hydrogen) atoms. The van der Waals surface area contributed by atoms with Gasteiger partial charge in [-0.25, -0.2) is 0 Å². The van der Waals surface area contributed by atoms with Gasteiger partial charge >= 0.3 is 0 Å². The second-order valence-corrected chi connectivity index (χ2v) is 6.29. The molecule has 1 saturated carbocycles. The molecule has 1 aromatic carbocycles. The molecule has 0 radical (unpaired) electrons. The van der Waals surface area contributed by atoms with Gasteiger partial charge in [-0.05, 0) is 42.5 Å². The highest BCUT2D eigenvalue weighted by Crippen LogP contribution is 2.30. The van der Waals surface area contributed by atoms with Gasteiger partial charge in [0.15, 0.2) is 0 Å². The highest BCUT2D eigenvalue weighted by atomic mass is 16.3. The second kappa shape index (κ2) is 6.95. The lowest BCUT2D eigenvalue weighted by atomic mass is 9.80. The summed E-state index contributed by atoms with van der Waals surface area (Å²) >= 11 is 0. The Hall–Kier alpha value is -1.54. The molecular weight excluding hydrogens is 258 g/mol. The van der Waals surface area contributed by atoms with Crippen LogP contribution in [-0.2, 0) is 0 Å². The van der Waals surface area contributed by atoms with Crippen molar-refractivity contribution in [1.29, 1.82) is 0 Å². The van der Waals surface area contributed by atoms with Gasteiger partial charge in [0.25, 0.3) is 0 Å². The number of benzene rings is 1. The fourth-order valence-electron chi connectivity index (χ4n) is 3.45. The minimum absolute atomic E-state index is 0.162. The van der Waals surface area contributed by atoms with Gasteiger partial charge in [-0.15, -0.1) is 0 Å². The molecule has 1 aromatic heterocycles. The average molecular weight is 283 g/mol. The fraction of sp³-hybridized carbons (Fsp3) is 0.474. The Bertz CT molecular complexity index is 520. The van der Waals surface area contributed by atoms with E-state index < -0.39 is 0 Å². The number of furan rings is 1. The SMILES string of the molecule is CC1CCCCC1CNC(c1ccccc1)c1ccco1. The van der Waals surface area contributed by atoms with Crippen molar-refractivity contribution >= 4 is 0 Å². The third-order valence-electron chi connectivity index (χ3n) is 4.83. The first-order chi connectivity index (χ1) is 10.3. The van der Waals surface area contributed by atoms with Gasteiger partial charge in [-0.1, -0.05) is 56.5 Å². The zero-order valence-electron chi connectivity index (χ0n) is 12.8. The van der Waals surface area contributed by atoms with E-state index in [0.717, 1.165) is 24.1 Å². The van der Waals surface area contributed by atoms with Crippen molar-refractivity contribution in [2.75, 3.05) is 6.54 Å². The van der Waals surface area contributed by atoms with Crippen molar-refractivity contribution in [2.45, 2.75) is 38.6 Å². The van der Waals surface area contributed by atoms with Crippen molar-refractivity contribution < 1.29 is 4.42 Å². The molecule has 3 rings (SSSR count). The second-order valence-electron chi connectivity index (χ2n) is 6.29. The lowest BCUT2D eigenvalue weighted by molar-refractivity contribution is 0.241. The summed E-state index contributed by atoms with van der Waals surface area (Å²) < 4.78 is 5.65. The topological polar surface area (TPSA) is 25.2 Å². The van der Waals surface area contributed by atoms with Crippen molar-refractivity contribution in [1.82, 2.24) is 5.32 Å². The van der Waals surface area contributed by atoms with E-state index in [1.807, 2.05) is 6.07 Å². The summed E-state index contributed by atoms with van der Waals surface area (Å²) in [4.78, 5) is 0. The molecule has 0 spiro atoms. The smallest absolute Gasteiger partial charge is 0.125 e. The average Bonchev–Trinajstić information content (AvgIpc) is 3.04. The lowest BCUT2D eigenvalue weighted by Crippen LogP contribution is -2.32. The molecule has 0 amide bonds. The van der Waals surface area contributed by atoms with Gasteiger partial charge in [-0.2, -0.15) is 0 Å². The molecule has 1 heterocycles. The highest BCUT2D eigenvalue weighted by Gasteiger charge is 2.23. The summed E-state index contributed by atoms with van der Waals surface area (Å²) in [6.07, 6.45) is 7.28. The maximum absolute atomic E-state index is 5.65. The molecule has 0 bridgehead atoms. The summed E-state index contributed by atoms with van der Waals surface area (Å²) in [5, 5.41) is 3.74. The molecule has 0 aliphatic heterocycles. The van der Waals surface area contributed by atoms with Crippen LogP contribution in [0, 0.1) is 11.8 Å². The Morgan fingerprint density at radius 2 is 1.90 bits per heavy atom. The monoisotopic (exact) mass is 283 g/mol. The zero-order chi connectivity index (χ0) is 14.5. The summed E-state index contributed by atoms with van der Waals surface area (Å²) in [6, 6.07) is 14.8. The van der Waals surface area contributed by atoms with E-state index in [4.69, 9.17) is 4.42 Å². The molecular formula is C19H25NO. The normalized spacial score (nSPS) is 23.9. The van der Waals surface area contributed by atoms with Crippen molar-refractivity contribution in [3.05, 3.63) is 60.1 Å². The third-order valence-corrected chi connectivity index (χ3v) is 4.83. The van der Waals surface area contributed by atoms with Crippen LogP contribution >= 0.6 is 0 Å². The number of nitrogens with one attached hydrogen (secondary N) is 1. The van der Waals surface area contributed by atoms with Crippen LogP contribution in [0.2, 0.25) is 0 Å². The Morgan fingerprint density at radius 3 is 2.62 bits per heavy atom. The maximum Gasteiger partial charge on any atom is 0.125 e. The standard InChI is InChI=1S/C19H25NO/c1-15-8-5-6-11-17(15)14-20-19(18-12-7-13-21-18)16-9-3-2-4-10-16/h2-4,7,9-10,12-13,15,17,19-20H,5-6,8,11,14H2,1H3. The summed E-state index contributed by atoms with van der Waals surface area (Å²) in [6.45, 7) is 3.47. The van der Waals surface area contributed by atoms with Crippen LogP contribution in [0.4, 0.5) is 0 Å². The molecule has 3 unspecified atom stereocenters. The molecule has 1 fully saturated rings. The first-order valence-corrected chi connectivity index (χ1v) is 8.16. The molecule has 112 valence electrons. The first-order valence-electron chi connectivity index (χ1n) is 8.16. The minimum atomic E-state index is 0.162. The van der Waals surface area contributed by atoms with Crippen LogP contribution in [0.3, 0.4) is 0 Å². The summed E-state index contributed by atoms with van der Waals surface area (Å²) in [5.74, 6) is 2.63. The van der Waals surface area contributed by atoms with Gasteiger partial charge in [-0.3, -0.25) is 0 Å². The van der Waals surface area contributed by atoms with E-state index in [9.17, 15) is 0 Å². The van der Waals surface area contributed by atoms with Gasteiger partial charge in [0, 0.05) is 0 Å². The van der Waals surface area contributed by atoms with Crippen molar-refractivity contribution in [2.24, 2.45) is 11.8 Å². The van der Waals surface area contributed by atoms with E-state index in [2.05, 4.69) is 48.6 Å². The first kappa shape index (κ1) is 14.4. The quantitative estimate of drug-likeness (QED) is 0.854. The van der Waals surface area contributed by atoms with Crippen molar-refractivity contribution in [3.8, 4) is 0 Å². The van der Waals surface area contributed by atoms with E-state index in [1.165, 1.54) is 31.2 Å². The predicted molar refractivity (Wildman–Crippen MR) is 86.1 cm³/mol. The van der Waals surface area contributed by atoms with Crippen LogP contribution in [0.5, 0.6) is 0 Å². The Morgan fingerprint density at radius 1 is 1.10 bits per heavy atom. The van der Waals surface area contributed by atoms with E-state index >= 15 is 0 Å². The lowest BCUT2D eigenvalue weighted by Gasteiger charge is -2.30. The number of hydrogen-bond acceptors (Lipinski definition) is 2. The Kier molecular flexibility index (Phi) is 4.76. The number of rotatable bonds is 5. The van der Waals surface area contributed by atoms with Crippen LogP contribution in [0.15, 0.2) is 53.1 Å². The number of hydrogen-bond donors (Lipinski definition) is 1. The van der Waals surface area contributed by atoms with Gasteiger partial charge in [0.1, 0.15) is 5.76 Å². The predicted octanol–water partition coefficient (Wildman–Crippen LogP) is 4.78. The molecule has 2 heteroatoms. The minimum Gasteiger partial charge on any atom is -0.467 e. The molecule has 2 nitrogen and oxygen atoms in total. The molecule has 1 N–H and O–H groups in total. The fourth-order valence-corrected chi connectivity index (χ4v) is 3.45. The third kappa shape index (κ3) is 3.56. The van der Waals surface area contributed by atoms with Crippen LogP contribution in [0.1, 0.15) is 50.0 Å². The van der Waals surface area contributed by atoms with Crippen LogP contribution in [-0.4, -0.2) is 6.54 Å². The molecule has 1 aliphatic rings. The van der Waals surface area contributed by atoms with Gasteiger partial charge < -0.3 is 9.73 Å². The molecule has 1 aliphatic carbocycles. The van der Waals surface area contributed by atoms with Gasteiger partial charge in [0.2, 0.25) is 0 Å². The van der Waals surface area contributed by atoms with Crippen LogP contribution in [0.25, 0.3) is 0 Å². The summed E-state index contributed by atoms with van der Waals surface area (Å²) in [5.41, 5.74) is 1.27. The van der Waals surface area contributed by atoms with Crippen LogP contribution < -0.4 is 5.32 Å². The molecule has 3 atom stereocenters. The van der Waals surface area contributed by atoms with E-state index in [-0.39, 0.29) is 6.04 Å². The maximum atomic E-state index is 5.65. The largest absolute Gasteiger partial charge is 0.467 e. The van der Waals surface area contributed by atoms with E-state index in [1.54, 1.807) is 6.26 Å².